The number of aryl methyl sites for hydroxylation is 1. The zero-order chi connectivity index (χ0) is 23.3. The molecule has 3 N–H and O–H groups in total. The Balaban J connectivity index is 1.61. The third-order valence-corrected chi connectivity index (χ3v) is 7.16. The Morgan fingerprint density at radius 1 is 1.16 bits per heavy atom. The highest BCUT2D eigenvalue weighted by Crippen LogP contribution is 2.25. The van der Waals surface area contributed by atoms with Crippen LogP contribution in [0.5, 0.6) is 0 Å². The Hall–Kier alpha value is -2.62. The lowest BCUT2D eigenvalue weighted by Gasteiger charge is -2.33. The van der Waals surface area contributed by atoms with Gasteiger partial charge in [0, 0.05) is 25.3 Å². The third-order valence-electron chi connectivity index (χ3n) is 5.41. The fraction of sp³-hybridized carbons (Fsp3) is 0.364. The second-order valence-corrected chi connectivity index (χ2v) is 10.1. The van der Waals surface area contributed by atoms with Crippen LogP contribution in [0.3, 0.4) is 0 Å². The molecule has 32 heavy (non-hydrogen) atoms. The first-order chi connectivity index (χ1) is 15.2. The van der Waals surface area contributed by atoms with E-state index in [9.17, 15) is 18.0 Å². The van der Waals surface area contributed by atoms with Gasteiger partial charge in [0.05, 0.1) is 15.5 Å². The number of sulfonamides is 1. The van der Waals surface area contributed by atoms with Crippen LogP contribution in [0.2, 0.25) is 5.02 Å². The SMILES string of the molecule is CNS(=O)(=O)c1ccc(Cl)c(C(=O)N2CCCC(CNC(=O)Nc3ccc(C)cc3)C2)c1. The Morgan fingerprint density at radius 3 is 2.56 bits per heavy atom. The molecule has 1 unspecified atom stereocenters. The van der Waals surface area contributed by atoms with Gasteiger partial charge in [-0.2, -0.15) is 0 Å². The van der Waals surface area contributed by atoms with Crippen molar-refractivity contribution in [2.75, 3.05) is 32.0 Å². The number of anilines is 1. The van der Waals surface area contributed by atoms with Gasteiger partial charge < -0.3 is 15.5 Å². The molecular formula is C22H27ClN4O4S. The number of carbonyl (C=O) groups is 2. The Kier molecular flexibility index (Phi) is 7.76. The van der Waals surface area contributed by atoms with Crippen LogP contribution < -0.4 is 15.4 Å². The van der Waals surface area contributed by atoms with Gasteiger partial charge in [-0.3, -0.25) is 4.79 Å². The van der Waals surface area contributed by atoms with Gasteiger partial charge in [0.25, 0.3) is 5.91 Å². The summed E-state index contributed by atoms with van der Waals surface area (Å²) in [6, 6.07) is 11.3. The largest absolute Gasteiger partial charge is 0.338 e. The van der Waals surface area contributed by atoms with Crippen molar-refractivity contribution in [1.29, 1.82) is 0 Å². The van der Waals surface area contributed by atoms with Crippen molar-refractivity contribution < 1.29 is 18.0 Å². The molecule has 0 spiro atoms. The van der Waals surface area contributed by atoms with Gasteiger partial charge >= 0.3 is 6.03 Å². The van der Waals surface area contributed by atoms with E-state index in [0.29, 0.717) is 25.3 Å². The highest BCUT2D eigenvalue weighted by molar-refractivity contribution is 7.89. The first kappa shape index (κ1) is 24.0. The summed E-state index contributed by atoms with van der Waals surface area (Å²) in [5.41, 5.74) is 1.96. The van der Waals surface area contributed by atoms with E-state index in [1.54, 1.807) is 4.90 Å². The number of hydrogen-bond acceptors (Lipinski definition) is 4. The van der Waals surface area contributed by atoms with Gasteiger partial charge in [0.1, 0.15) is 0 Å². The van der Waals surface area contributed by atoms with E-state index >= 15 is 0 Å². The van der Waals surface area contributed by atoms with Gasteiger partial charge in [-0.1, -0.05) is 29.3 Å². The Bertz CT molecular complexity index is 1090. The molecule has 1 fully saturated rings. The van der Waals surface area contributed by atoms with E-state index in [-0.39, 0.29) is 33.3 Å². The molecule has 0 aromatic heterocycles. The van der Waals surface area contributed by atoms with E-state index in [1.807, 2.05) is 31.2 Å². The normalized spacial score (nSPS) is 16.5. The fourth-order valence-corrected chi connectivity index (χ4v) is 4.54. The molecule has 2 aromatic rings. The maximum Gasteiger partial charge on any atom is 0.319 e. The van der Waals surface area contributed by atoms with Crippen LogP contribution in [-0.2, 0) is 10.0 Å². The summed E-state index contributed by atoms with van der Waals surface area (Å²) >= 11 is 6.20. The fourth-order valence-electron chi connectivity index (χ4n) is 3.59. The summed E-state index contributed by atoms with van der Waals surface area (Å²) < 4.78 is 26.4. The van der Waals surface area contributed by atoms with Crippen LogP contribution in [0.4, 0.5) is 10.5 Å². The van der Waals surface area contributed by atoms with E-state index in [4.69, 9.17) is 11.6 Å². The monoisotopic (exact) mass is 478 g/mol. The van der Waals surface area contributed by atoms with Crippen molar-refractivity contribution >= 4 is 39.2 Å². The number of halogens is 1. The standard InChI is InChI=1S/C22H27ClN4O4S/c1-15-5-7-17(8-6-15)26-22(29)25-13-16-4-3-11-27(14-16)21(28)19-12-18(9-10-20(19)23)32(30,31)24-2/h5-10,12,16,24H,3-4,11,13-14H2,1-2H3,(H2,25,26,29). The molecule has 1 heterocycles. The van der Waals surface area contributed by atoms with E-state index in [1.165, 1.54) is 25.2 Å². The number of carbonyl (C=O) groups excluding carboxylic acids is 2. The lowest BCUT2D eigenvalue weighted by atomic mass is 9.97. The van der Waals surface area contributed by atoms with Crippen molar-refractivity contribution in [2.45, 2.75) is 24.7 Å². The molecule has 0 radical (unpaired) electrons. The van der Waals surface area contributed by atoms with Crippen LogP contribution in [-0.4, -0.2) is 51.9 Å². The number of urea groups is 1. The average Bonchev–Trinajstić information content (AvgIpc) is 2.79. The van der Waals surface area contributed by atoms with Crippen LogP contribution in [0.15, 0.2) is 47.4 Å². The molecule has 0 bridgehead atoms. The molecule has 2 aromatic carbocycles. The molecule has 1 atom stereocenters. The lowest BCUT2D eigenvalue weighted by Crippen LogP contribution is -2.44. The highest BCUT2D eigenvalue weighted by Gasteiger charge is 2.27. The molecule has 0 saturated carbocycles. The molecule has 1 aliphatic heterocycles. The van der Waals surface area contributed by atoms with Crippen molar-refractivity contribution in [3.8, 4) is 0 Å². The summed E-state index contributed by atoms with van der Waals surface area (Å²) in [5.74, 6) is -0.239. The van der Waals surface area contributed by atoms with Crippen molar-refractivity contribution in [1.82, 2.24) is 14.9 Å². The van der Waals surface area contributed by atoms with Crippen molar-refractivity contribution in [3.63, 3.8) is 0 Å². The quantitative estimate of drug-likeness (QED) is 0.592. The predicted octanol–water partition coefficient (Wildman–Crippen LogP) is 3.23. The second kappa shape index (κ2) is 10.3. The Labute approximate surface area is 193 Å². The first-order valence-corrected chi connectivity index (χ1v) is 12.2. The van der Waals surface area contributed by atoms with E-state index in [2.05, 4.69) is 15.4 Å². The maximum atomic E-state index is 13.1. The number of hydrogen-bond donors (Lipinski definition) is 3. The predicted molar refractivity (Wildman–Crippen MR) is 125 cm³/mol. The topological polar surface area (TPSA) is 108 Å². The molecule has 172 valence electrons. The van der Waals surface area contributed by atoms with Gasteiger partial charge in [0.15, 0.2) is 0 Å². The number of amides is 3. The van der Waals surface area contributed by atoms with Gasteiger partial charge in [0.2, 0.25) is 10.0 Å². The number of piperidine rings is 1. The zero-order valence-electron chi connectivity index (χ0n) is 18.0. The molecule has 1 saturated heterocycles. The van der Waals surface area contributed by atoms with Crippen LogP contribution in [0, 0.1) is 12.8 Å². The number of likely N-dealkylation sites (tertiary alicyclic amines) is 1. The van der Waals surface area contributed by atoms with E-state index < -0.39 is 10.0 Å². The minimum absolute atomic E-state index is 0.0178. The van der Waals surface area contributed by atoms with E-state index in [0.717, 1.165) is 18.4 Å². The number of benzene rings is 2. The molecule has 0 aliphatic carbocycles. The first-order valence-electron chi connectivity index (χ1n) is 10.3. The molecule has 10 heteroatoms. The van der Waals surface area contributed by atoms with Crippen LogP contribution in [0.25, 0.3) is 0 Å². The van der Waals surface area contributed by atoms with Crippen molar-refractivity contribution in [3.05, 3.63) is 58.6 Å². The smallest absolute Gasteiger partial charge is 0.319 e. The molecular weight excluding hydrogens is 452 g/mol. The minimum atomic E-state index is -3.69. The maximum absolute atomic E-state index is 13.1. The third kappa shape index (κ3) is 5.99. The second-order valence-electron chi connectivity index (χ2n) is 7.81. The summed E-state index contributed by atoms with van der Waals surface area (Å²) in [5, 5.41) is 5.85. The molecule has 3 amide bonds. The van der Waals surface area contributed by atoms with Gasteiger partial charge in [-0.05, 0) is 63.1 Å². The zero-order valence-corrected chi connectivity index (χ0v) is 19.6. The number of nitrogens with zero attached hydrogens (tertiary/aromatic N) is 1. The number of nitrogens with one attached hydrogen (secondary N) is 3. The van der Waals surface area contributed by atoms with Gasteiger partial charge in [-0.25, -0.2) is 17.9 Å². The van der Waals surface area contributed by atoms with Crippen LogP contribution in [0.1, 0.15) is 28.8 Å². The van der Waals surface area contributed by atoms with Crippen molar-refractivity contribution in [2.24, 2.45) is 5.92 Å². The lowest BCUT2D eigenvalue weighted by molar-refractivity contribution is 0.0675. The molecule has 8 nitrogen and oxygen atoms in total. The number of rotatable bonds is 6. The summed E-state index contributed by atoms with van der Waals surface area (Å²) in [6.45, 7) is 3.39. The minimum Gasteiger partial charge on any atom is -0.338 e. The average molecular weight is 479 g/mol. The summed E-state index contributed by atoms with van der Waals surface area (Å²) in [6.07, 6.45) is 1.65. The Morgan fingerprint density at radius 2 is 1.88 bits per heavy atom. The summed E-state index contributed by atoms with van der Waals surface area (Å²) in [4.78, 5) is 26.9. The van der Waals surface area contributed by atoms with Crippen LogP contribution >= 0.6 is 11.6 Å². The molecule has 1 aliphatic rings. The van der Waals surface area contributed by atoms with Gasteiger partial charge in [-0.15, -0.1) is 0 Å². The molecule has 3 rings (SSSR count). The summed E-state index contributed by atoms with van der Waals surface area (Å²) in [7, 11) is -2.38. The highest BCUT2D eigenvalue weighted by atomic mass is 35.5.